The second-order valence-corrected chi connectivity index (χ2v) is 3.04. The molecule has 0 aliphatic rings. The summed E-state index contributed by atoms with van der Waals surface area (Å²) in [5.41, 5.74) is 0.490. The Kier molecular flexibility index (Phi) is 3.41. The first-order chi connectivity index (χ1) is 7.00. The van der Waals surface area contributed by atoms with Gasteiger partial charge in [-0.2, -0.15) is 0 Å². The van der Waals surface area contributed by atoms with Crippen LogP contribution in [0, 0.1) is 0 Å². The standard InChI is InChI=1S/C10H10O5/c11-8(5-9(12)13)6-1-3-7(4-2-6)10(14)15/h1-4,8,11H,5H2,(H,12,13)(H,14,15)/t8-/m1/s1. The maximum Gasteiger partial charge on any atom is 0.335 e. The maximum absolute atomic E-state index is 10.5. The lowest BCUT2D eigenvalue weighted by atomic mass is 10.0. The van der Waals surface area contributed by atoms with E-state index in [1.54, 1.807) is 0 Å². The van der Waals surface area contributed by atoms with Crippen LogP contribution in [-0.2, 0) is 4.79 Å². The predicted molar refractivity (Wildman–Crippen MR) is 50.6 cm³/mol. The van der Waals surface area contributed by atoms with Gasteiger partial charge in [-0.15, -0.1) is 0 Å². The second-order valence-electron chi connectivity index (χ2n) is 3.04. The van der Waals surface area contributed by atoms with Gasteiger partial charge in [0, 0.05) is 0 Å². The van der Waals surface area contributed by atoms with Crippen molar-refractivity contribution in [1.82, 2.24) is 0 Å². The van der Waals surface area contributed by atoms with Crippen molar-refractivity contribution in [2.75, 3.05) is 0 Å². The highest BCUT2D eigenvalue weighted by molar-refractivity contribution is 5.87. The minimum absolute atomic E-state index is 0.0984. The molecule has 0 aliphatic carbocycles. The summed E-state index contributed by atoms with van der Waals surface area (Å²) in [5, 5.41) is 26.4. The third kappa shape index (κ3) is 3.07. The highest BCUT2D eigenvalue weighted by atomic mass is 16.4. The van der Waals surface area contributed by atoms with Crippen molar-refractivity contribution < 1.29 is 24.9 Å². The first kappa shape index (κ1) is 11.2. The lowest BCUT2D eigenvalue weighted by molar-refractivity contribution is -0.139. The first-order valence-corrected chi connectivity index (χ1v) is 4.24. The topological polar surface area (TPSA) is 94.8 Å². The SMILES string of the molecule is O=C(O)C[C@@H](O)c1ccc(C(=O)O)cc1. The van der Waals surface area contributed by atoms with Crippen molar-refractivity contribution in [2.45, 2.75) is 12.5 Å². The number of aliphatic hydroxyl groups is 1. The van der Waals surface area contributed by atoms with Crippen LogP contribution in [-0.4, -0.2) is 27.3 Å². The van der Waals surface area contributed by atoms with E-state index in [0.29, 0.717) is 5.56 Å². The molecule has 0 unspecified atom stereocenters. The third-order valence-electron chi connectivity index (χ3n) is 1.91. The molecule has 0 spiro atoms. The Morgan fingerprint density at radius 1 is 1.13 bits per heavy atom. The van der Waals surface area contributed by atoms with E-state index in [4.69, 9.17) is 10.2 Å². The number of carbonyl (C=O) groups is 2. The molecular formula is C10H10O5. The number of rotatable bonds is 4. The van der Waals surface area contributed by atoms with Gasteiger partial charge in [0.05, 0.1) is 18.1 Å². The van der Waals surface area contributed by atoms with E-state index in [-0.39, 0.29) is 5.56 Å². The van der Waals surface area contributed by atoms with Crippen LogP contribution in [0.3, 0.4) is 0 Å². The molecule has 1 aromatic carbocycles. The van der Waals surface area contributed by atoms with Gasteiger partial charge in [-0.05, 0) is 17.7 Å². The molecule has 0 radical (unpaired) electrons. The smallest absolute Gasteiger partial charge is 0.335 e. The molecule has 0 bridgehead atoms. The van der Waals surface area contributed by atoms with Crippen LogP contribution in [0.15, 0.2) is 24.3 Å². The quantitative estimate of drug-likeness (QED) is 0.686. The Labute approximate surface area is 85.6 Å². The minimum atomic E-state index is -1.11. The van der Waals surface area contributed by atoms with Gasteiger partial charge in [0.25, 0.3) is 0 Å². The first-order valence-electron chi connectivity index (χ1n) is 4.24. The zero-order valence-electron chi connectivity index (χ0n) is 7.75. The van der Waals surface area contributed by atoms with Crippen LogP contribution in [0.25, 0.3) is 0 Å². The Balaban J connectivity index is 2.79. The highest BCUT2D eigenvalue weighted by Gasteiger charge is 2.12. The number of aliphatic hydroxyl groups excluding tert-OH is 1. The van der Waals surface area contributed by atoms with E-state index in [1.807, 2.05) is 0 Å². The van der Waals surface area contributed by atoms with Crippen molar-refractivity contribution in [2.24, 2.45) is 0 Å². The largest absolute Gasteiger partial charge is 0.481 e. The second kappa shape index (κ2) is 4.56. The molecule has 80 valence electrons. The van der Waals surface area contributed by atoms with Crippen LogP contribution in [0.4, 0.5) is 0 Å². The van der Waals surface area contributed by atoms with Gasteiger partial charge in [0.1, 0.15) is 0 Å². The third-order valence-corrected chi connectivity index (χ3v) is 1.91. The van der Waals surface area contributed by atoms with Crippen molar-refractivity contribution in [3.05, 3.63) is 35.4 Å². The van der Waals surface area contributed by atoms with Gasteiger partial charge >= 0.3 is 11.9 Å². The molecule has 1 aromatic rings. The van der Waals surface area contributed by atoms with Crippen LogP contribution in [0.2, 0.25) is 0 Å². The van der Waals surface area contributed by atoms with E-state index in [9.17, 15) is 14.7 Å². The number of aromatic carboxylic acids is 1. The molecule has 0 saturated carbocycles. The molecule has 5 nitrogen and oxygen atoms in total. The fourth-order valence-corrected chi connectivity index (χ4v) is 1.13. The number of aliphatic carboxylic acids is 1. The Hall–Kier alpha value is -1.88. The zero-order chi connectivity index (χ0) is 11.4. The number of hydrogen-bond donors (Lipinski definition) is 3. The summed E-state index contributed by atoms with van der Waals surface area (Å²) in [6.07, 6.45) is -1.50. The van der Waals surface area contributed by atoms with Crippen molar-refractivity contribution >= 4 is 11.9 Å². The van der Waals surface area contributed by atoms with Crippen molar-refractivity contribution in [3.63, 3.8) is 0 Å². The fourth-order valence-electron chi connectivity index (χ4n) is 1.13. The zero-order valence-corrected chi connectivity index (χ0v) is 7.75. The normalized spacial score (nSPS) is 12.1. The van der Waals surface area contributed by atoms with Gasteiger partial charge in [-0.3, -0.25) is 4.79 Å². The molecule has 0 saturated heterocycles. The monoisotopic (exact) mass is 210 g/mol. The molecule has 5 heteroatoms. The summed E-state index contributed by atoms with van der Waals surface area (Å²) in [6.45, 7) is 0. The molecule has 0 amide bonds. The van der Waals surface area contributed by atoms with Gasteiger partial charge in [0.15, 0.2) is 0 Å². The van der Waals surface area contributed by atoms with Crippen LogP contribution in [0.1, 0.15) is 28.4 Å². The van der Waals surface area contributed by atoms with E-state index < -0.39 is 24.5 Å². The molecule has 1 rings (SSSR count). The van der Waals surface area contributed by atoms with Crippen LogP contribution < -0.4 is 0 Å². The predicted octanol–water partition coefficient (Wildman–Crippen LogP) is 0.893. The van der Waals surface area contributed by atoms with Crippen molar-refractivity contribution in [1.29, 1.82) is 0 Å². The van der Waals surface area contributed by atoms with Crippen LogP contribution >= 0.6 is 0 Å². The molecule has 0 fully saturated rings. The maximum atomic E-state index is 10.5. The molecule has 3 N–H and O–H groups in total. The number of carboxylic acids is 2. The molecule has 1 atom stereocenters. The summed E-state index contributed by atoms with van der Waals surface area (Å²) >= 11 is 0. The van der Waals surface area contributed by atoms with Crippen molar-refractivity contribution in [3.8, 4) is 0 Å². The Bertz CT molecular complexity index is 368. The summed E-state index contributed by atoms with van der Waals surface area (Å²) in [6, 6.07) is 5.44. The molecule has 15 heavy (non-hydrogen) atoms. The van der Waals surface area contributed by atoms with E-state index in [1.165, 1.54) is 24.3 Å². The van der Waals surface area contributed by atoms with Gasteiger partial charge in [-0.25, -0.2) is 4.79 Å². The van der Waals surface area contributed by atoms with E-state index in [0.717, 1.165) is 0 Å². The molecular weight excluding hydrogens is 200 g/mol. The summed E-state index contributed by atoms with van der Waals surface area (Å²) in [4.78, 5) is 20.8. The fraction of sp³-hybridized carbons (Fsp3) is 0.200. The summed E-state index contributed by atoms with van der Waals surface area (Å²) in [7, 11) is 0. The lowest BCUT2D eigenvalue weighted by Crippen LogP contribution is -2.05. The molecule has 0 aliphatic heterocycles. The van der Waals surface area contributed by atoms with E-state index in [2.05, 4.69) is 0 Å². The Morgan fingerprint density at radius 3 is 2.07 bits per heavy atom. The number of benzene rings is 1. The number of carboxylic acid groups (broad SMARTS) is 2. The van der Waals surface area contributed by atoms with Gasteiger partial charge in [0.2, 0.25) is 0 Å². The van der Waals surface area contributed by atoms with Gasteiger partial charge < -0.3 is 15.3 Å². The van der Waals surface area contributed by atoms with E-state index >= 15 is 0 Å². The summed E-state index contributed by atoms with van der Waals surface area (Å²) in [5.74, 6) is -2.17. The average Bonchev–Trinajstić information content (AvgIpc) is 2.17. The number of hydrogen-bond acceptors (Lipinski definition) is 3. The molecule has 0 heterocycles. The molecule has 0 aromatic heterocycles. The minimum Gasteiger partial charge on any atom is -0.481 e. The summed E-state index contributed by atoms with van der Waals surface area (Å²) < 4.78 is 0. The Morgan fingerprint density at radius 2 is 1.67 bits per heavy atom. The van der Waals surface area contributed by atoms with Crippen LogP contribution in [0.5, 0.6) is 0 Å². The lowest BCUT2D eigenvalue weighted by Gasteiger charge is -2.07. The highest BCUT2D eigenvalue weighted by Crippen LogP contribution is 2.16. The average molecular weight is 210 g/mol. The van der Waals surface area contributed by atoms with Gasteiger partial charge in [-0.1, -0.05) is 12.1 Å².